The molecule has 0 aliphatic carbocycles. The van der Waals surface area contributed by atoms with E-state index in [0.29, 0.717) is 19.4 Å². The van der Waals surface area contributed by atoms with Crippen molar-refractivity contribution in [2.75, 3.05) is 34.3 Å². The fourth-order valence-electron chi connectivity index (χ4n) is 4.93. The van der Waals surface area contributed by atoms with Gasteiger partial charge in [0.25, 0.3) is 7.82 Å². The summed E-state index contributed by atoms with van der Waals surface area (Å²) in [7, 11) is 1.58. The first-order valence-electron chi connectivity index (χ1n) is 18.6. The fourth-order valence-corrected chi connectivity index (χ4v) is 5.25. The Labute approximate surface area is 308 Å². The number of hydrogen-bond acceptors (Lipinski definition) is 6. The molecule has 1 unspecified atom stereocenters. The van der Waals surface area contributed by atoms with Crippen LogP contribution >= 0.6 is 7.82 Å². The number of carbonyl (C=O) groups is 2. The Morgan fingerprint density at radius 2 is 0.826 bits per heavy atom. The zero-order chi connectivity index (χ0) is 34.6. The van der Waals surface area contributed by atoms with Crippen molar-refractivity contribution in [2.45, 2.75) is 188 Å². The summed E-state index contributed by atoms with van der Waals surface area (Å²) in [5, 5.41) is 0. The van der Waals surface area contributed by atoms with Crippen LogP contribution in [0.2, 0.25) is 0 Å². The summed E-state index contributed by atoms with van der Waals surface area (Å²) in [6.45, 7) is 8.63. The monoisotopic (exact) mass is 687 g/mol. The molecule has 0 rings (SSSR count). The van der Waals surface area contributed by atoms with E-state index in [-0.39, 0.29) is 48.0 Å². The molecule has 0 heterocycles. The van der Waals surface area contributed by atoms with Crippen molar-refractivity contribution in [3.8, 4) is 0 Å². The van der Waals surface area contributed by atoms with Gasteiger partial charge in [0, 0.05) is 19.4 Å². The second kappa shape index (κ2) is 41.4. The molecule has 0 aromatic carbocycles. The van der Waals surface area contributed by atoms with Crippen LogP contribution in [0.1, 0.15) is 188 Å². The van der Waals surface area contributed by atoms with Gasteiger partial charge in [-0.25, -0.2) is 0 Å². The summed E-state index contributed by atoms with van der Waals surface area (Å²) in [6.07, 6.45) is 30.2. The minimum absolute atomic E-state index is 0. The Hall–Kier alpha value is 0.210. The number of unbranched alkanes of at least 4 members (excludes halogenated alkanes) is 20. The molecule has 0 aromatic rings. The Morgan fingerprint density at radius 1 is 0.565 bits per heavy atom. The minimum Gasteiger partial charge on any atom is -0.756 e. The maximum Gasteiger partial charge on any atom is 1.00 e. The van der Waals surface area contributed by atoms with Crippen LogP contribution in [0, 0.1) is 0 Å². The Morgan fingerprint density at radius 3 is 1.02 bits per heavy atom. The predicted molar refractivity (Wildman–Crippen MR) is 190 cm³/mol. The van der Waals surface area contributed by atoms with Crippen LogP contribution in [-0.4, -0.2) is 60.8 Å². The molecule has 0 bridgehead atoms. The average molecular weight is 687 g/mol. The van der Waals surface area contributed by atoms with E-state index in [9.17, 15) is 19.0 Å². The van der Waals surface area contributed by atoms with Gasteiger partial charge in [0.2, 0.25) is 11.8 Å². The summed E-state index contributed by atoms with van der Waals surface area (Å²) >= 11 is 0. The zero-order valence-corrected chi connectivity index (χ0v) is 34.8. The van der Waals surface area contributed by atoms with Crippen LogP contribution in [-0.2, 0) is 18.7 Å². The van der Waals surface area contributed by atoms with E-state index >= 15 is 0 Å². The van der Waals surface area contributed by atoms with Crippen molar-refractivity contribution >= 4 is 19.6 Å². The number of rotatable bonds is 28. The zero-order valence-electron chi connectivity index (χ0n) is 31.9. The third-order valence-electron chi connectivity index (χ3n) is 7.33. The number of imide groups is 1. The first-order chi connectivity index (χ1) is 21.5. The normalized spacial score (nSPS) is 11.9. The number of phosphoric ester groups is 1. The molecule has 0 aliphatic heterocycles. The molecule has 10 heteroatoms. The van der Waals surface area contributed by atoms with Gasteiger partial charge in [-0.3, -0.25) is 19.1 Å². The Kier molecular flexibility index (Phi) is 47.7. The molecule has 46 heavy (non-hydrogen) atoms. The minimum atomic E-state index is -4.42. The van der Waals surface area contributed by atoms with Crippen molar-refractivity contribution in [1.82, 2.24) is 9.80 Å². The largest absolute Gasteiger partial charge is 1.00 e. The first-order valence-corrected chi connectivity index (χ1v) is 20.1. The van der Waals surface area contributed by atoms with E-state index < -0.39 is 7.82 Å². The molecule has 0 spiro atoms. The number of phosphoric acid groups is 1. The summed E-state index contributed by atoms with van der Waals surface area (Å²) in [4.78, 5) is 46.2. The summed E-state index contributed by atoms with van der Waals surface area (Å²) < 4.78 is 13.4. The Bertz CT molecular complexity index is 638. The van der Waals surface area contributed by atoms with E-state index in [1.165, 1.54) is 122 Å². The van der Waals surface area contributed by atoms with E-state index in [4.69, 9.17) is 4.89 Å². The van der Waals surface area contributed by atoms with Gasteiger partial charge < -0.3 is 19.2 Å². The van der Waals surface area contributed by atoms with Gasteiger partial charge in [-0.15, -0.1) is 0 Å². The number of hydrogen-bond donors (Lipinski definition) is 1. The summed E-state index contributed by atoms with van der Waals surface area (Å²) in [5.41, 5.74) is 0. The van der Waals surface area contributed by atoms with Crippen molar-refractivity contribution < 1.29 is 58.0 Å². The van der Waals surface area contributed by atoms with E-state index in [0.717, 1.165) is 32.1 Å². The third-order valence-corrected chi connectivity index (χ3v) is 7.91. The van der Waals surface area contributed by atoms with Gasteiger partial charge in [-0.2, -0.15) is 0 Å². The molecule has 0 aromatic heterocycles. The number of amides is 2. The van der Waals surface area contributed by atoms with E-state index in [1.54, 1.807) is 4.90 Å². The number of carbonyl (C=O) groups excluding carboxylic acids is 2. The van der Waals surface area contributed by atoms with Gasteiger partial charge in [-0.05, 0) is 47.3 Å². The molecule has 1 N–H and O–H groups in total. The molecular weight excluding hydrogens is 610 g/mol. The van der Waals surface area contributed by atoms with Crippen LogP contribution in [0.5, 0.6) is 0 Å². The Balaban J connectivity index is -0.000000625. The standard InChI is InChI=1S/C31H61NO2.C3H9N.C2H7O4P.Na/c1-4-7-9-11-13-15-17-19-21-23-25-27-30(33)32(29-6-3)31(34)28-26-24-22-20-18-16-14-12-10-8-5-2;1-4(2)3;1-2-6-7(3,4)5;/h4-29H2,1-3H3;1-3H3;2H2,1H3,(H2,3,4,5);/q;;;+1/p-1. The van der Waals surface area contributed by atoms with Crippen molar-refractivity contribution in [3.63, 3.8) is 0 Å². The fraction of sp³-hybridized carbons (Fsp3) is 0.944. The maximum absolute atomic E-state index is 12.6. The topological polar surface area (TPSA) is 110 Å². The molecular formula is C36H76N2NaO6P. The van der Waals surface area contributed by atoms with Crippen molar-refractivity contribution in [1.29, 1.82) is 0 Å². The summed E-state index contributed by atoms with van der Waals surface area (Å²) in [5.74, 6) is 0.122. The average Bonchev–Trinajstić information content (AvgIpc) is 2.96. The van der Waals surface area contributed by atoms with Gasteiger partial charge in [0.1, 0.15) is 0 Å². The van der Waals surface area contributed by atoms with Gasteiger partial charge >= 0.3 is 29.6 Å². The molecule has 2 amide bonds. The van der Waals surface area contributed by atoms with E-state index in [2.05, 4.69) is 25.3 Å². The molecule has 0 fully saturated rings. The second-order valence-electron chi connectivity index (χ2n) is 12.7. The molecule has 0 saturated heterocycles. The molecule has 0 saturated carbocycles. The predicted octanol–water partition coefficient (Wildman–Crippen LogP) is 6.82. The van der Waals surface area contributed by atoms with Crippen molar-refractivity contribution in [2.24, 2.45) is 0 Å². The molecule has 0 radical (unpaired) electrons. The SMILES string of the molecule is CCCCCCCCCCCCCC(=O)N(CCC)C(=O)CCCCCCCCCCCCC.CCOP(=O)([O-])O.CN(C)C.[Na+]. The molecule has 272 valence electrons. The van der Waals surface area contributed by atoms with Gasteiger partial charge in [0.15, 0.2) is 0 Å². The van der Waals surface area contributed by atoms with Gasteiger partial charge in [0.05, 0.1) is 6.61 Å². The third kappa shape index (κ3) is 48.6. The van der Waals surface area contributed by atoms with Crippen LogP contribution in [0.3, 0.4) is 0 Å². The first kappa shape index (κ1) is 53.0. The second-order valence-corrected chi connectivity index (χ2v) is 13.9. The molecule has 8 nitrogen and oxygen atoms in total. The summed E-state index contributed by atoms with van der Waals surface area (Å²) in [6, 6.07) is 0. The number of nitrogens with zero attached hydrogens (tertiary/aromatic N) is 2. The van der Waals surface area contributed by atoms with Crippen LogP contribution in [0.25, 0.3) is 0 Å². The van der Waals surface area contributed by atoms with Gasteiger partial charge in [-0.1, -0.05) is 149 Å². The van der Waals surface area contributed by atoms with Crippen molar-refractivity contribution in [3.05, 3.63) is 0 Å². The van der Waals surface area contributed by atoms with Crippen LogP contribution in [0.4, 0.5) is 0 Å². The van der Waals surface area contributed by atoms with Crippen LogP contribution in [0.15, 0.2) is 0 Å². The smallest absolute Gasteiger partial charge is 0.756 e. The molecule has 1 atom stereocenters. The van der Waals surface area contributed by atoms with E-state index in [1.807, 2.05) is 26.0 Å². The maximum atomic E-state index is 12.6. The quantitative estimate of drug-likeness (QED) is 0.0547. The molecule has 0 aliphatic rings. The van der Waals surface area contributed by atoms with Crippen LogP contribution < -0.4 is 34.5 Å².